The molecular formula is C22H30Cl2OSiZr-2. The van der Waals surface area contributed by atoms with Crippen LogP contribution in [-0.2, 0) is 28.7 Å². The summed E-state index contributed by atoms with van der Waals surface area (Å²) in [6.45, 7) is 9.64. The number of allylic oxidation sites excluding steroid dienone is 4. The Hall–Kier alpha value is -0.180. The van der Waals surface area contributed by atoms with Crippen molar-refractivity contribution in [2.75, 3.05) is 6.61 Å². The molecule has 0 spiro atoms. The third kappa shape index (κ3) is 14.5. The number of benzene rings is 1. The maximum absolute atomic E-state index is 5.76. The fourth-order valence-corrected chi connectivity index (χ4v) is 3.09. The van der Waals surface area contributed by atoms with Gasteiger partial charge in [0.25, 0.3) is 0 Å². The Kier molecular flexibility index (Phi) is 18.0. The van der Waals surface area contributed by atoms with Gasteiger partial charge in [-0.25, -0.2) is 11.6 Å². The van der Waals surface area contributed by atoms with Crippen LogP contribution in [0.3, 0.4) is 0 Å². The Balaban J connectivity index is 0. The van der Waals surface area contributed by atoms with E-state index < -0.39 is 8.32 Å². The molecule has 2 aromatic carbocycles. The molecule has 3 rings (SSSR count). The van der Waals surface area contributed by atoms with E-state index in [1.165, 1.54) is 40.6 Å². The maximum Gasteiger partial charge on any atom is 0.183 e. The predicted molar refractivity (Wildman–Crippen MR) is 110 cm³/mol. The summed E-state index contributed by atoms with van der Waals surface area (Å²) in [6.07, 6.45) is 10.9. The predicted octanol–water partition coefficient (Wildman–Crippen LogP) is 0.230. The van der Waals surface area contributed by atoms with E-state index in [4.69, 9.17) is 4.43 Å². The van der Waals surface area contributed by atoms with Crippen LogP contribution in [0, 0.1) is 6.08 Å². The molecule has 0 saturated carbocycles. The van der Waals surface area contributed by atoms with Crippen LogP contribution >= 0.6 is 0 Å². The van der Waals surface area contributed by atoms with Crippen LogP contribution in [-0.4, -0.2) is 18.6 Å². The van der Waals surface area contributed by atoms with Crippen molar-refractivity contribution >= 4 is 22.8 Å². The van der Waals surface area contributed by atoms with Gasteiger partial charge in [-0.3, -0.25) is 6.08 Å². The molecule has 27 heavy (non-hydrogen) atoms. The second kappa shape index (κ2) is 16.7. The van der Waals surface area contributed by atoms with Gasteiger partial charge >= 0.3 is 34.9 Å². The zero-order chi connectivity index (χ0) is 18.5. The van der Waals surface area contributed by atoms with Crippen molar-refractivity contribution in [2.24, 2.45) is 0 Å². The molecule has 148 valence electrons. The van der Waals surface area contributed by atoms with Gasteiger partial charge in [-0.1, -0.05) is 12.5 Å². The van der Waals surface area contributed by atoms with Gasteiger partial charge in [0.15, 0.2) is 8.32 Å². The van der Waals surface area contributed by atoms with E-state index in [0.29, 0.717) is 0 Å². The average molecular weight is 501 g/mol. The Labute approximate surface area is 193 Å². The summed E-state index contributed by atoms with van der Waals surface area (Å²) in [6, 6.07) is 14.7. The minimum Gasteiger partial charge on any atom is -1.00 e. The van der Waals surface area contributed by atoms with Gasteiger partial charge in [-0.15, -0.1) is 36.1 Å². The molecule has 1 nitrogen and oxygen atoms in total. The summed E-state index contributed by atoms with van der Waals surface area (Å²) in [5.74, 6) is 0. The summed E-state index contributed by atoms with van der Waals surface area (Å²) in [5.41, 5.74) is 1.36. The van der Waals surface area contributed by atoms with E-state index in [1.54, 1.807) is 0 Å². The van der Waals surface area contributed by atoms with Crippen LogP contribution in [0.4, 0.5) is 0 Å². The van der Waals surface area contributed by atoms with Crippen LogP contribution < -0.4 is 24.8 Å². The smallest absolute Gasteiger partial charge is 0.183 e. The van der Waals surface area contributed by atoms with Crippen molar-refractivity contribution in [3.8, 4) is 0 Å². The molecule has 1 aliphatic carbocycles. The molecule has 0 unspecified atom stereocenters. The van der Waals surface area contributed by atoms with E-state index in [-0.39, 0.29) is 24.8 Å². The minimum absolute atomic E-state index is 0. The van der Waals surface area contributed by atoms with Crippen molar-refractivity contribution in [1.82, 2.24) is 0 Å². The van der Waals surface area contributed by atoms with E-state index >= 15 is 0 Å². The number of halogens is 2. The topological polar surface area (TPSA) is 9.23 Å². The quantitative estimate of drug-likeness (QED) is 0.325. The maximum atomic E-state index is 5.76. The first-order valence-electron chi connectivity index (χ1n) is 8.92. The Bertz CT molecular complexity index is 657. The average Bonchev–Trinajstić information content (AvgIpc) is 3.23. The SMILES string of the molecule is C[CH]=[Zr+2].C[Si](C)(C)OCCCC1=[C-]CC=C1.[Cl-].[Cl-].c1ccc2[cH-]ccc2c1. The van der Waals surface area contributed by atoms with Gasteiger partial charge in [0, 0.05) is 6.61 Å². The molecule has 1 aliphatic rings. The van der Waals surface area contributed by atoms with Gasteiger partial charge in [-0.05, 0) is 26.1 Å². The Morgan fingerprint density at radius 3 is 2.41 bits per heavy atom. The fraction of sp³-hybridized carbons (Fsp3) is 0.364. The van der Waals surface area contributed by atoms with Crippen molar-refractivity contribution in [3.63, 3.8) is 0 Å². The standard InChI is InChI=1S/C11H19OSi.C9H7.C2H4.2ClH.Zr/c1-13(2,3)12-10-6-9-11-7-4-5-8-11;1-2-5-9-7-3-6-8(9)4-1;1-2;;;/h4,7H,5-6,9-10H2,1-3H3;1-7H;1H,2H3;2*1H;/q2*-1;;;;+2/p-2. The van der Waals surface area contributed by atoms with Gasteiger partial charge in [0.05, 0.1) is 0 Å². The van der Waals surface area contributed by atoms with E-state index in [2.05, 4.69) is 84.0 Å². The van der Waals surface area contributed by atoms with Gasteiger partial charge in [0.1, 0.15) is 0 Å². The zero-order valence-electron chi connectivity index (χ0n) is 16.8. The molecule has 0 heterocycles. The largest absolute Gasteiger partial charge is 1.00 e. The second-order valence-corrected chi connectivity index (χ2v) is 12.7. The molecule has 0 aromatic heterocycles. The number of hydrogen-bond acceptors (Lipinski definition) is 1. The third-order valence-electron chi connectivity index (χ3n) is 3.44. The Morgan fingerprint density at radius 2 is 1.85 bits per heavy atom. The van der Waals surface area contributed by atoms with Crippen molar-refractivity contribution < 1.29 is 53.5 Å². The molecule has 0 amide bonds. The molecule has 5 heteroatoms. The van der Waals surface area contributed by atoms with Crippen LogP contribution in [0.15, 0.2) is 60.2 Å². The van der Waals surface area contributed by atoms with Gasteiger partial charge in [0.2, 0.25) is 0 Å². The first kappa shape index (κ1) is 29.0. The van der Waals surface area contributed by atoms with E-state index in [0.717, 1.165) is 25.9 Å². The zero-order valence-corrected chi connectivity index (χ0v) is 21.7. The second-order valence-electron chi connectivity index (χ2n) is 6.82. The molecular weight excluding hydrogens is 470 g/mol. The van der Waals surface area contributed by atoms with E-state index in [9.17, 15) is 0 Å². The third-order valence-corrected chi connectivity index (χ3v) is 4.51. The monoisotopic (exact) mass is 498 g/mol. The van der Waals surface area contributed by atoms with Crippen molar-refractivity contribution in [2.45, 2.75) is 45.8 Å². The molecule has 0 N–H and O–H groups in total. The number of hydrogen-bond donors (Lipinski definition) is 0. The summed E-state index contributed by atoms with van der Waals surface area (Å²) in [4.78, 5) is 0. The normalized spacial score (nSPS) is 11.9. The minimum atomic E-state index is -1.28. The molecule has 0 radical (unpaired) electrons. The van der Waals surface area contributed by atoms with Crippen LogP contribution in [0.2, 0.25) is 19.6 Å². The summed E-state index contributed by atoms with van der Waals surface area (Å²) >= 11 is 1.51. The van der Waals surface area contributed by atoms with Gasteiger partial charge in [-0.2, -0.15) is 23.6 Å². The molecule has 0 atom stereocenters. The molecule has 0 fully saturated rings. The Morgan fingerprint density at radius 1 is 1.19 bits per heavy atom. The first-order valence-corrected chi connectivity index (χ1v) is 13.7. The summed E-state index contributed by atoms with van der Waals surface area (Å²) in [5, 5.41) is 2.66. The number of rotatable bonds is 5. The molecule has 0 saturated heterocycles. The van der Waals surface area contributed by atoms with Crippen molar-refractivity contribution in [3.05, 3.63) is 66.3 Å². The van der Waals surface area contributed by atoms with Crippen LogP contribution in [0.1, 0.15) is 26.2 Å². The molecule has 0 bridgehead atoms. The fourth-order valence-electron chi connectivity index (χ4n) is 2.33. The summed E-state index contributed by atoms with van der Waals surface area (Å²) < 4.78 is 7.85. The van der Waals surface area contributed by atoms with Gasteiger partial charge < -0.3 is 29.2 Å². The van der Waals surface area contributed by atoms with Crippen LogP contribution in [0.5, 0.6) is 0 Å². The molecule has 2 aromatic rings. The number of fused-ring (bicyclic) bond motifs is 1. The summed E-state index contributed by atoms with van der Waals surface area (Å²) in [7, 11) is -1.28. The van der Waals surface area contributed by atoms with Crippen LogP contribution in [0.25, 0.3) is 10.8 Å². The van der Waals surface area contributed by atoms with E-state index in [1.807, 2.05) is 6.92 Å². The van der Waals surface area contributed by atoms with Crippen molar-refractivity contribution in [1.29, 1.82) is 0 Å². The molecule has 0 aliphatic heterocycles. The first-order chi connectivity index (χ1) is 12.0.